The highest BCUT2D eigenvalue weighted by atomic mass is 35.5. The summed E-state index contributed by atoms with van der Waals surface area (Å²) in [6, 6.07) is 9.63. The molecule has 1 saturated carbocycles. The topological polar surface area (TPSA) is 65.1 Å². The molecular weight excluding hydrogens is 374 g/mol. The standard InChI is InChI=1S/C21H20ClN5O/c22-15-7-5-6-14(12-15)19-18-17(25-21-23-13-24-27(19)21)10-11-26(20(18)28)16-8-3-1-2-4-9-16/h5-7,10-13,16H,1-4,8-9H2. The fraction of sp³-hybridized carbons (Fsp3) is 0.333. The van der Waals surface area contributed by atoms with Crippen molar-refractivity contribution in [1.82, 2.24) is 24.1 Å². The zero-order chi connectivity index (χ0) is 19.1. The van der Waals surface area contributed by atoms with Gasteiger partial charge in [-0.3, -0.25) is 4.79 Å². The van der Waals surface area contributed by atoms with Crippen LogP contribution in [0.3, 0.4) is 0 Å². The third kappa shape index (κ3) is 2.88. The number of rotatable bonds is 2. The lowest BCUT2D eigenvalue weighted by atomic mass is 10.1. The molecule has 4 aromatic rings. The molecule has 1 aliphatic carbocycles. The van der Waals surface area contributed by atoms with Gasteiger partial charge in [-0.05, 0) is 31.0 Å². The van der Waals surface area contributed by atoms with Gasteiger partial charge in [0.15, 0.2) is 0 Å². The van der Waals surface area contributed by atoms with Crippen LogP contribution < -0.4 is 5.56 Å². The van der Waals surface area contributed by atoms with Crippen molar-refractivity contribution in [3.05, 3.63) is 58.2 Å². The number of pyridine rings is 1. The second kappa shape index (κ2) is 7.02. The maximum absolute atomic E-state index is 13.6. The van der Waals surface area contributed by atoms with E-state index in [4.69, 9.17) is 11.6 Å². The van der Waals surface area contributed by atoms with E-state index in [1.165, 1.54) is 19.2 Å². The summed E-state index contributed by atoms with van der Waals surface area (Å²) in [5, 5.41) is 5.49. The highest BCUT2D eigenvalue weighted by Crippen LogP contribution is 2.30. The lowest BCUT2D eigenvalue weighted by molar-refractivity contribution is 0.434. The molecule has 1 aromatic carbocycles. The molecule has 7 heteroatoms. The van der Waals surface area contributed by atoms with Gasteiger partial charge >= 0.3 is 0 Å². The van der Waals surface area contributed by atoms with Gasteiger partial charge in [0.25, 0.3) is 11.3 Å². The third-order valence-electron chi connectivity index (χ3n) is 5.61. The summed E-state index contributed by atoms with van der Waals surface area (Å²) in [6.45, 7) is 0. The van der Waals surface area contributed by atoms with E-state index in [-0.39, 0.29) is 11.6 Å². The fourth-order valence-electron chi connectivity index (χ4n) is 4.27. The predicted octanol–water partition coefficient (Wildman–Crippen LogP) is 4.65. The molecule has 0 amide bonds. The Balaban J connectivity index is 1.82. The summed E-state index contributed by atoms with van der Waals surface area (Å²) in [7, 11) is 0. The van der Waals surface area contributed by atoms with Crippen LogP contribution in [0.15, 0.2) is 47.7 Å². The first-order chi connectivity index (χ1) is 13.7. The van der Waals surface area contributed by atoms with Crippen molar-refractivity contribution in [2.45, 2.75) is 44.6 Å². The van der Waals surface area contributed by atoms with Gasteiger partial charge in [-0.2, -0.15) is 14.6 Å². The maximum atomic E-state index is 13.6. The van der Waals surface area contributed by atoms with E-state index in [0.29, 0.717) is 27.4 Å². The van der Waals surface area contributed by atoms with E-state index in [1.807, 2.05) is 41.1 Å². The van der Waals surface area contributed by atoms with Crippen LogP contribution in [-0.2, 0) is 0 Å². The minimum Gasteiger partial charge on any atom is -0.312 e. The quantitative estimate of drug-likeness (QED) is 0.465. The number of fused-ring (bicyclic) bond motifs is 2. The fourth-order valence-corrected chi connectivity index (χ4v) is 4.46. The Morgan fingerprint density at radius 1 is 1.07 bits per heavy atom. The number of aromatic nitrogens is 5. The molecule has 1 aliphatic rings. The smallest absolute Gasteiger partial charge is 0.262 e. The molecule has 1 fully saturated rings. The van der Waals surface area contributed by atoms with Crippen molar-refractivity contribution in [1.29, 1.82) is 0 Å². The molecule has 0 spiro atoms. The Labute approximate surface area is 166 Å². The molecule has 142 valence electrons. The van der Waals surface area contributed by atoms with Gasteiger partial charge in [0, 0.05) is 22.8 Å². The van der Waals surface area contributed by atoms with Gasteiger partial charge in [0.2, 0.25) is 0 Å². The Hall–Kier alpha value is -2.73. The normalized spacial score (nSPS) is 15.9. The molecule has 0 unspecified atom stereocenters. The van der Waals surface area contributed by atoms with Crippen LogP contribution in [0.25, 0.3) is 27.9 Å². The Morgan fingerprint density at radius 2 is 1.89 bits per heavy atom. The van der Waals surface area contributed by atoms with Crippen molar-refractivity contribution >= 4 is 28.3 Å². The zero-order valence-electron chi connectivity index (χ0n) is 15.4. The lowest BCUT2D eigenvalue weighted by Crippen LogP contribution is -2.25. The van der Waals surface area contributed by atoms with E-state index in [0.717, 1.165) is 31.2 Å². The molecular formula is C21H20ClN5O. The molecule has 0 N–H and O–H groups in total. The van der Waals surface area contributed by atoms with Crippen LogP contribution in [0.2, 0.25) is 5.02 Å². The average Bonchev–Trinajstić information content (AvgIpc) is 2.99. The number of halogens is 1. The molecule has 0 bridgehead atoms. The van der Waals surface area contributed by atoms with Crippen LogP contribution in [0.5, 0.6) is 0 Å². The van der Waals surface area contributed by atoms with Gasteiger partial charge < -0.3 is 4.57 Å². The zero-order valence-corrected chi connectivity index (χ0v) is 16.1. The van der Waals surface area contributed by atoms with Gasteiger partial charge in [-0.15, -0.1) is 0 Å². The van der Waals surface area contributed by atoms with E-state index >= 15 is 0 Å². The van der Waals surface area contributed by atoms with Crippen molar-refractivity contribution < 1.29 is 0 Å². The van der Waals surface area contributed by atoms with Gasteiger partial charge in [0.05, 0.1) is 16.6 Å². The molecule has 0 saturated heterocycles. The average molecular weight is 394 g/mol. The largest absolute Gasteiger partial charge is 0.312 e. The van der Waals surface area contributed by atoms with Crippen LogP contribution >= 0.6 is 11.6 Å². The molecule has 6 nitrogen and oxygen atoms in total. The maximum Gasteiger partial charge on any atom is 0.262 e. The SMILES string of the molecule is O=c1c2c(-c3cccc(Cl)c3)n3ncnc3nc2ccn1C1CCCCCC1. The number of benzene rings is 1. The first-order valence-electron chi connectivity index (χ1n) is 9.73. The second-order valence-electron chi connectivity index (χ2n) is 7.38. The minimum atomic E-state index is -0.0238. The molecule has 0 aliphatic heterocycles. The third-order valence-corrected chi connectivity index (χ3v) is 5.85. The molecule has 5 rings (SSSR count). The van der Waals surface area contributed by atoms with Crippen molar-refractivity contribution in [3.63, 3.8) is 0 Å². The Kier molecular flexibility index (Phi) is 4.36. The highest BCUT2D eigenvalue weighted by molar-refractivity contribution is 6.30. The van der Waals surface area contributed by atoms with Crippen molar-refractivity contribution in [2.75, 3.05) is 0 Å². The van der Waals surface area contributed by atoms with Crippen LogP contribution in [0, 0.1) is 0 Å². The van der Waals surface area contributed by atoms with Crippen molar-refractivity contribution in [3.8, 4) is 11.3 Å². The molecule has 3 aromatic heterocycles. The van der Waals surface area contributed by atoms with Crippen LogP contribution in [-0.4, -0.2) is 24.1 Å². The molecule has 0 radical (unpaired) electrons. The first kappa shape index (κ1) is 17.4. The second-order valence-corrected chi connectivity index (χ2v) is 7.81. The summed E-state index contributed by atoms with van der Waals surface area (Å²) in [5.74, 6) is 0.467. The van der Waals surface area contributed by atoms with E-state index < -0.39 is 0 Å². The predicted molar refractivity (Wildman–Crippen MR) is 110 cm³/mol. The number of nitrogens with zero attached hydrogens (tertiary/aromatic N) is 5. The van der Waals surface area contributed by atoms with Gasteiger partial charge in [0.1, 0.15) is 6.33 Å². The molecule has 3 heterocycles. The van der Waals surface area contributed by atoms with E-state index in [2.05, 4.69) is 15.1 Å². The summed E-state index contributed by atoms with van der Waals surface area (Å²) in [5.41, 5.74) is 2.12. The van der Waals surface area contributed by atoms with E-state index in [1.54, 1.807) is 4.52 Å². The minimum absolute atomic E-state index is 0.0238. The Bertz CT molecular complexity index is 1220. The number of hydrogen-bond donors (Lipinski definition) is 0. The highest BCUT2D eigenvalue weighted by Gasteiger charge is 2.21. The summed E-state index contributed by atoms with van der Waals surface area (Å²) in [4.78, 5) is 22.4. The Morgan fingerprint density at radius 3 is 2.68 bits per heavy atom. The van der Waals surface area contributed by atoms with Crippen molar-refractivity contribution in [2.24, 2.45) is 0 Å². The summed E-state index contributed by atoms with van der Waals surface area (Å²) in [6.07, 6.45) is 10.2. The summed E-state index contributed by atoms with van der Waals surface area (Å²) >= 11 is 6.24. The van der Waals surface area contributed by atoms with E-state index in [9.17, 15) is 4.79 Å². The monoisotopic (exact) mass is 393 g/mol. The van der Waals surface area contributed by atoms with Crippen LogP contribution in [0.1, 0.15) is 44.6 Å². The first-order valence-corrected chi connectivity index (χ1v) is 10.1. The molecule has 28 heavy (non-hydrogen) atoms. The number of hydrogen-bond acceptors (Lipinski definition) is 4. The lowest BCUT2D eigenvalue weighted by Gasteiger charge is -2.19. The molecule has 0 atom stereocenters. The van der Waals surface area contributed by atoms with Gasteiger partial charge in [-0.25, -0.2) is 4.98 Å². The summed E-state index contributed by atoms with van der Waals surface area (Å²) < 4.78 is 3.53. The van der Waals surface area contributed by atoms with Crippen LogP contribution in [0.4, 0.5) is 0 Å². The van der Waals surface area contributed by atoms with Gasteiger partial charge in [-0.1, -0.05) is 49.4 Å².